The molecule has 0 aliphatic carbocycles. The van der Waals surface area contributed by atoms with E-state index in [9.17, 15) is 17.6 Å². The van der Waals surface area contributed by atoms with Crippen LogP contribution in [0.1, 0.15) is 18.9 Å². The molecule has 0 spiro atoms. The average molecular weight is 345 g/mol. The lowest BCUT2D eigenvalue weighted by atomic mass is 10.1. The fourth-order valence-corrected chi connectivity index (χ4v) is 5.90. The fourth-order valence-electron chi connectivity index (χ4n) is 2.45. The Balaban J connectivity index is 1.74. The van der Waals surface area contributed by atoms with Crippen LogP contribution >= 0.6 is 11.8 Å². The topological polar surface area (TPSA) is 63.2 Å². The molecule has 2 atom stereocenters. The van der Waals surface area contributed by atoms with Crippen LogP contribution in [0.4, 0.5) is 4.39 Å². The molecular weight excluding hydrogens is 325 g/mol. The molecule has 2 unspecified atom stereocenters. The van der Waals surface area contributed by atoms with E-state index in [1.54, 1.807) is 18.2 Å². The zero-order valence-corrected chi connectivity index (χ0v) is 14.1. The Hall–Kier alpha value is -1.08. The van der Waals surface area contributed by atoms with Crippen molar-refractivity contribution in [3.63, 3.8) is 0 Å². The van der Waals surface area contributed by atoms with Crippen molar-refractivity contribution in [3.05, 3.63) is 35.6 Å². The van der Waals surface area contributed by atoms with E-state index in [-0.39, 0.29) is 40.3 Å². The summed E-state index contributed by atoms with van der Waals surface area (Å²) in [5.74, 6) is 0.209. The minimum absolute atomic E-state index is 0.0117. The van der Waals surface area contributed by atoms with Crippen LogP contribution in [0.25, 0.3) is 0 Å². The first-order chi connectivity index (χ1) is 10.4. The number of carbonyl (C=O) groups excluding carboxylic acids is 1. The van der Waals surface area contributed by atoms with Gasteiger partial charge >= 0.3 is 0 Å². The molecule has 1 aromatic rings. The van der Waals surface area contributed by atoms with E-state index in [1.807, 2.05) is 6.92 Å². The van der Waals surface area contributed by atoms with Crippen LogP contribution in [0.2, 0.25) is 0 Å². The van der Waals surface area contributed by atoms with Gasteiger partial charge < -0.3 is 5.32 Å². The summed E-state index contributed by atoms with van der Waals surface area (Å²) in [6.45, 7) is 1.83. The molecule has 1 amide bonds. The standard InChI is InChI=1S/C15H20FNO3S2/c1-11(8-12-4-2-3-5-14(12)16)17-15(18)9-21-13-6-7-22(19,20)10-13/h2-5,11,13H,6-10H2,1H3,(H,17,18). The van der Waals surface area contributed by atoms with Crippen molar-refractivity contribution in [2.75, 3.05) is 17.3 Å². The summed E-state index contributed by atoms with van der Waals surface area (Å²) in [6.07, 6.45) is 1.05. The zero-order chi connectivity index (χ0) is 16.2. The van der Waals surface area contributed by atoms with Gasteiger partial charge in [0.15, 0.2) is 9.84 Å². The van der Waals surface area contributed by atoms with Gasteiger partial charge in [0, 0.05) is 11.3 Å². The van der Waals surface area contributed by atoms with Crippen LogP contribution < -0.4 is 5.32 Å². The van der Waals surface area contributed by atoms with Gasteiger partial charge in [0.1, 0.15) is 5.82 Å². The molecule has 1 aliphatic heterocycles. The molecule has 122 valence electrons. The monoisotopic (exact) mass is 345 g/mol. The molecule has 1 fully saturated rings. The minimum Gasteiger partial charge on any atom is -0.353 e. The summed E-state index contributed by atoms with van der Waals surface area (Å²) in [5.41, 5.74) is 0.574. The molecule has 1 aliphatic rings. The number of amides is 1. The summed E-state index contributed by atoms with van der Waals surface area (Å²) in [4.78, 5) is 11.9. The second-order valence-electron chi connectivity index (χ2n) is 5.60. The van der Waals surface area contributed by atoms with Crippen LogP contribution in [-0.2, 0) is 21.1 Å². The highest BCUT2D eigenvalue weighted by molar-refractivity contribution is 8.02. The minimum atomic E-state index is -2.91. The maximum atomic E-state index is 13.5. The molecule has 0 bridgehead atoms. The van der Waals surface area contributed by atoms with Gasteiger partial charge in [-0.15, -0.1) is 11.8 Å². The fraction of sp³-hybridized carbons (Fsp3) is 0.533. The number of benzene rings is 1. The summed E-state index contributed by atoms with van der Waals surface area (Å²) < 4.78 is 36.2. The number of carbonyl (C=O) groups is 1. The number of sulfone groups is 1. The Morgan fingerprint density at radius 3 is 2.82 bits per heavy atom. The van der Waals surface area contributed by atoms with Gasteiger partial charge in [-0.2, -0.15) is 0 Å². The SMILES string of the molecule is CC(Cc1ccccc1F)NC(=O)CSC1CCS(=O)(=O)C1. The van der Waals surface area contributed by atoms with Crippen molar-refractivity contribution in [2.45, 2.75) is 31.1 Å². The highest BCUT2D eigenvalue weighted by Crippen LogP contribution is 2.24. The molecule has 1 N–H and O–H groups in total. The molecule has 2 rings (SSSR count). The Labute approximate surface area is 134 Å². The Morgan fingerprint density at radius 1 is 1.45 bits per heavy atom. The molecule has 0 radical (unpaired) electrons. The smallest absolute Gasteiger partial charge is 0.230 e. The van der Waals surface area contributed by atoms with Gasteiger partial charge in [-0.05, 0) is 31.4 Å². The molecule has 7 heteroatoms. The van der Waals surface area contributed by atoms with Gasteiger partial charge in [0.25, 0.3) is 0 Å². The molecule has 4 nitrogen and oxygen atoms in total. The van der Waals surface area contributed by atoms with Gasteiger partial charge in [0.05, 0.1) is 17.3 Å². The van der Waals surface area contributed by atoms with Crippen molar-refractivity contribution >= 4 is 27.5 Å². The first-order valence-electron chi connectivity index (χ1n) is 7.20. The van der Waals surface area contributed by atoms with Crippen molar-refractivity contribution in [1.29, 1.82) is 0 Å². The largest absolute Gasteiger partial charge is 0.353 e. The van der Waals surface area contributed by atoms with Crippen molar-refractivity contribution in [3.8, 4) is 0 Å². The highest BCUT2D eigenvalue weighted by Gasteiger charge is 2.28. The van der Waals surface area contributed by atoms with Gasteiger partial charge in [0.2, 0.25) is 5.91 Å². The first-order valence-corrected chi connectivity index (χ1v) is 10.1. The molecular formula is C15H20FNO3S2. The van der Waals surface area contributed by atoms with Crippen LogP contribution in [0.3, 0.4) is 0 Å². The van der Waals surface area contributed by atoms with Crippen LogP contribution in [-0.4, -0.2) is 42.9 Å². The third kappa shape index (κ3) is 5.28. The number of halogens is 1. The van der Waals surface area contributed by atoms with E-state index in [4.69, 9.17) is 0 Å². The maximum Gasteiger partial charge on any atom is 0.230 e. The lowest BCUT2D eigenvalue weighted by molar-refractivity contribution is -0.119. The van der Waals surface area contributed by atoms with Gasteiger partial charge in [-0.3, -0.25) is 4.79 Å². The third-order valence-corrected chi connectivity index (χ3v) is 6.81. The quantitative estimate of drug-likeness (QED) is 0.854. The predicted octanol–water partition coefficient (Wildman–Crippen LogP) is 1.79. The Morgan fingerprint density at radius 2 is 2.18 bits per heavy atom. The van der Waals surface area contributed by atoms with Crippen molar-refractivity contribution in [2.24, 2.45) is 0 Å². The molecule has 0 aromatic heterocycles. The number of nitrogens with one attached hydrogen (secondary N) is 1. The number of hydrogen-bond donors (Lipinski definition) is 1. The summed E-state index contributed by atoms with van der Waals surface area (Å²) >= 11 is 1.38. The van der Waals surface area contributed by atoms with E-state index in [0.717, 1.165) is 0 Å². The Kier molecular flexibility index (Phi) is 5.86. The number of thioether (sulfide) groups is 1. The summed E-state index contributed by atoms with van der Waals surface area (Å²) in [6, 6.07) is 6.34. The zero-order valence-electron chi connectivity index (χ0n) is 12.4. The lowest BCUT2D eigenvalue weighted by Crippen LogP contribution is -2.35. The van der Waals surface area contributed by atoms with E-state index in [2.05, 4.69) is 5.32 Å². The number of rotatable bonds is 6. The van der Waals surface area contributed by atoms with Crippen molar-refractivity contribution in [1.82, 2.24) is 5.32 Å². The molecule has 1 saturated heterocycles. The van der Waals surface area contributed by atoms with Gasteiger partial charge in [-0.25, -0.2) is 12.8 Å². The molecule has 0 saturated carbocycles. The molecule has 1 heterocycles. The van der Waals surface area contributed by atoms with Crippen LogP contribution in [0, 0.1) is 5.82 Å². The van der Waals surface area contributed by atoms with Crippen LogP contribution in [0.5, 0.6) is 0 Å². The second-order valence-corrected chi connectivity index (χ2v) is 9.12. The van der Waals surface area contributed by atoms with E-state index in [1.165, 1.54) is 17.8 Å². The van der Waals surface area contributed by atoms with Crippen LogP contribution in [0.15, 0.2) is 24.3 Å². The Bertz CT molecular complexity index is 633. The summed E-state index contributed by atoms with van der Waals surface area (Å²) in [5, 5.41) is 2.84. The van der Waals surface area contributed by atoms with Crippen molar-refractivity contribution < 1.29 is 17.6 Å². The normalized spacial score (nSPS) is 21.5. The third-order valence-electron chi connectivity index (χ3n) is 3.53. The van der Waals surface area contributed by atoms with E-state index < -0.39 is 9.84 Å². The van der Waals surface area contributed by atoms with Gasteiger partial charge in [-0.1, -0.05) is 18.2 Å². The molecule has 22 heavy (non-hydrogen) atoms. The first kappa shape index (κ1) is 17.3. The summed E-state index contributed by atoms with van der Waals surface area (Å²) in [7, 11) is -2.91. The predicted molar refractivity (Wildman–Crippen MR) is 87.2 cm³/mol. The highest BCUT2D eigenvalue weighted by atomic mass is 32.2. The maximum absolute atomic E-state index is 13.5. The second kappa shape index (κ2) is 7.46. The van der Waals surface area contributed by atoms with E-state index in [0.29, 0.717) is 18.4 Å². The number of hydrogen-bond acceptors (Lipinski definition) is 4. The lowest BCUT2D eigenvalue weighted by Gasteiger charge is -2.15. The average Bonchev–Trinajstić information content (AvgIpc) is 2.78. The molecule has 1 aromatic carbocycles. The van der Waals surface area contributed by atoms with E-state index >= 15 is 0 Å².